The Balaban J connectivity index is 0.955. The summed E-state index contributed by atoms with van der Waals surface area (Å²) in [6.45, 7) is 7.31. The first-order chi connectivity index (χ1) is 22.7. The van der Waals surface area contributed by atoms with Crippen LogP contribution in [0, 0.1) is 0 Å². The Morgan fingerprint density at radius 3 is 1.94 bits per heavy atom. The van der Waals surface area contributed by atoms with Gasteiger partial charge in [-0.25, -0.2) is 4.79 Å². The standard InChI is InChI=1S/C38H49N5O4/c1-40(27-29-43(2,3)28-13-12-22-42-36(44)33-18-10-11-19-34(33)37(42)45)25-26-41-23-20-32(21-24-41)47-38(46)39-35(30-14-6-4-7-15-30)31-16-8-5-9-17-31/h4-11,14-19,32,35H,12-13,20-29H2,1-3H3/p+1. The molecule has 2 aliphatic rings. The molecule has 2 aliphatic heterocycles. The normalized spacial score (nSPS) is 15.8. The molecule has 0 aromatic heterocycles. The maximum atomic E-state index is 12.9. The van der Waals surface area contributed by atoms with Crippen LogP contribution in [0.5, 0.6) is 0 Å². The second kappa shape index (κ2) is 16.2. The molecule has 47 heavy (non-hydrogen) atoms. The highest BCUT2D eigenvalue weighted by atomic mass is 16.6. The number of hydrogen-bond donors (Lipinski definition) is 1. The maximum absolute atomic E-state index is 12.9. The monoisotopic (exact) mass is 640 g/mol. The van der Waals surface area contributed by atoms with Crippen LogP contribution >= 0.6 is 0 Å². The zero-order chi connectivity index (χ0) is 33.2. The summed E-state index contributed by atoms with van der Waals surface area (Å²) in [5, 5.41) is 3.10. The summed E-state index contributed by atoms with van der Waals surface area (Å²) in [7, 11) is 6.68. The second-order valence-electron chi connectivity index (χ2n) is 13.5. The van der Waals surface area contributed by atoms with E-state index in [2.05, 4.69) is 36.3 Å². The molecule has 0 atom stereocenters. The summed E-state index contributed by atoms with van der Waals surface area (Å²) in [5.41, 5.74) is 3.09. The van der Waals surface area contributed by atoms with Crippen molar-refractivity contribution in [2.45, 2.75) is 37.8 Å². The summed E-state index contributed by atoms with van der Waals surface area (Å²) in [6, 6.07) is 26.8. The van der Waals surface area contributed by atoms with Crippen molar-refractivity contribution in [3.63, 3.8) is 0 Å². The van der Waals surface area contributed by atoms with E-state index in [1.807, 2.05) is 60.7 Å². The first kappa shape index (κ1) is 34.3. The number of imide groups is 1. The summed E-state index contributed by atoms with van der Waals surface area (Å²) in [5.74, 6) is -0.335. The van der Waals surface area contributed by atoms with Crippen molar-refractivity contribution in [1.29, 1.82) is 0 Å². The number of nitrogens with one attached hydrogen (secondary N) is 1. The predicted octanol–water partition coefficient (Wildman–Crippen LogP) is 5.05. The van der Waals surface area contributed by atoms with E-state index in [9.17, 15) is 14.4 Å². The largest absolute Gasteiger partial charge is 0.446 e. The van der Waals surface area contributed by atoms with Gasteiger partial charge in [-0.15, -0.1) is 0 Å². The lowest BCUT2D eigenvalue weighted by molar-refractivity contribution is -0.890. The number of piperidine rings is 1. The highest BCUT2D eigenvalue weighted by Crippen LogP contribution is 2.24. The van der Waals surface area contributed by atoms with E-state index in [0.717, 1.165) is 87.1 Å². The van der Waals surface area contributed by atoms with Crippen molar-refractivity contribution in [1.82, 2.24) is 20.0 Å². The summed E-state index contributed by atoms with van der Waals surface area (Å²) < 4.78 is 6.78. The highest BCUT2D eigenvalue weighted by Gasteiger charge is 2.34. The summed E-state index contributed by atoms with van der Waals surface area (Å²) >= 11 is 0. The first-order valence-electron chi connectivity index (χ1n) is 17.0. The molecule has 250 valence electrons. The zero-order valence-electron chi connectivity index (χ0n) is 28.1. The Hall–Kier alpha value is -4.05. The number of unbranched alkanes of at least 4 members (excludes halogenated alkanes) is 1. The topological polar surface area (TPSA) is 82.2 Å². The van der Waals surface area contributed by atoms with Gasteiger partial charge in [0.25, 0.3) is 11.8 Å². The number of carbonyl (C=O) groups is 3. The van der Waals surface area contributed by atoms with E-state index >= 15 is 0 Å². The van der Waals surface area contributed by atoms with Crippen LogP contribution in [0.2, 0.25) is 0 Å². The average molecular weight is 641 g/mol. The third kappa shape index (κ3) is 9.50. The number of likely N-dealkylation sites (tertiary alicyclic amines) is 1. The Labute approximate surface area is 279 Å². The predicted molar refractivity (Wildman–Crippen MR) is 184 cm³/mol. The lowest BCUT2D eigenvalue weighted by Gasteiger charge is -2.34. The molecule has 0 spiro atoms. The number of alkyl carbamates (subject to hydrolysis) is 1. The van der Waals surface area contributed by atoms with Gasteiger partial charge in [0.15, 0.2) is 0 Å². The molecule has 0 unspecified atom stereocenters. The molecule has 3 amide bonds. The number of nitrogens with zero attached hydrogens (tertiary/aromatic N) is 4. The van der Waals surface area contributed by atoms with Crippen molar-refractivity contribution in [3.8, 4) is 0 Å². The smallest absolute Gasteiger partial charge is 0.408 e. The fraction of sp³-hybridized carbons (Fsp3) is 0.447. The Kier molecular flexibility index (Phi) is 11.8. The molecule has 0 saturated carbocycles. The minimum absolute atomic E-state index is 0.0775. The number of carbonyl (C=O) groups excluding carboxylic acids is 3. The minimum atomic E-state index is -0.370. The van der Waals surface area contributed by atoms with E-state index in [1.165, 1.54) is 4.90 Å². The van der Waals surface area contributed by atoms with Crippen molar-refractivity contribution < 1.29 is 23.6 Å². The van der Waals surface area contributed by atoms with E-state index in [0.29, 0.717) is 17.7 Å². The number of hydrogen-bond acceptors (Lipinski definition) is 6. The molecule has 1 fully saturated rings. The van der Waals surface area contributed by atoms with Crippen LogP contribution in [0.1, 0.15) is 63.6 Å². The van der Waals surface area contributed by atoms with E-state index in [1.54, 1.807) is 24.3 Å². The van der Waals surface area contributed by atoms with E-state index in [4.69, 9.17) is 4.74 Å². The molecule has 1 N–H and O–H groups in total. The number of benzene rings is 3. The molecule has 0 radical (unpaired) electrons. The van der Waals surface area contributed by atoms with E-state index in [-0.39, 0.29) is 30.1 Å². The SMILES string of the molecule is CN(CCN1CCC(OC(=O)NC(c2ccccc2)c2ccccc2)CC1)CC[N+](C)(C)CCCCN1C(=O)c2ccccc2C1=O. The molecule has 9 heteroatoms. The molecule has 9 nitrogen and oxygen atoms in total. The number of rotatable bonds is 15. The van der Waals surface area contributed by atoms with Gasteiger partial charge >= 0.3 is 6.09 Å². The Morgan fingerprint density at radius 1 is 0.809 bits per heavy atom. The quantitative estimate of drug-likeness (QED) is 0.142. The fourth-order valence-electron chi connectivity index (χ4n) is 6.43. The minimum Gasteiger partial charge on any atom is -0.446 e. The van der Waals surface area contributed by atoms with Gasteiger partial charge in [0.2, 0.25) is 0 Å². The van der Waals surface area contributed by atoms with Gasteiger partial charge in [-0.05, 0) is 56.0 Å². The Morgan fingerprint density at radius 2 is 1.36 bits per heavy atom. The summed E-state index contributed by atoms with van der Waals surface area (Å²) in [6.07, 6.45) is 2.99. The van der Waals surface area contributed by atoms with Crippen LogP contribution in [0.15, 0.2) is 84.9 Å². The third-order valence-corrected chi connectivity index (χ3v) is 9.49. The van der Waals surface area contributed by atoms with Crippen molar-refractivity contribution >= 4 is 17.9 Å². The molecule has 5 rings (SSSR count). The van der Waals surface area contributed by atoms with Crippen LogP contribution in [-0.4, -0.2) is 117 Å². The fourth-order valence-corrected chi connectivity index (χ4v) is 6.43. The van der Waals surface area contributed by atoms with Gasteiger partial charge in [-0.2, -0.15) is 0 Å². The molecular formula is C38H50N5O4+. The number of quaternary nitrogens is 1. The number of ether oxygens (including phenoxy) is 1. The lowest BCUT2D eigenvalue weighted by atomic mass is 9.99. The van der Waals surface area contributed by atoms with Gasteiger partial charge in [0.05, 0.1) is 44.4 Å². The maximum Gasteiger partial charge on any atom is 0.408 e. The van der Waals surface area contributed by atoms with Gasteiger partial charge in [-0.3, -0.25) is 19.4 Å². The molecular weight excluding hydrogens is 590 g/mol. The molecule has 2 heterocycles. The lowest BCUT2D eigenvalue weighted by Crippen LogP contribution is -2.47. The third-order valence-electron chi connectivity index (χ3n) is 9.49. The average Bonchev–Trinajstić information content (AvgIpc) is 3.33. The van der Waals surface area contributed by atoms with Crippen molar-refractivity contribution in [3.05, 3.63) is 107 Å². The van der Waals surface area contributed by atoms with Crippen molar-refractivity contribution in [2.75, 3.05) is 73.5 Å². The zero-order valence-corrected chi connectivity index (χ0v) is 28.1. The van der Waals surface area contributed by atoms with Crippen LogP contribution in [0.25, 0.3) is 0 Å². The number of amides is 3. The molecule has 1 saturated heterocycles. The Bertz CT molecular complexity index is 1400. The van der Waals surface area contributed by atoms with E-state index < -0.39 is 0 Å². The van der Waals surface area contributed by atoms with Crippen LogP contribution in [0.4, 0.5) is 4.79 Å². The van der Waals surface area contributed by atoms with Crippen molar-refractivity contribution in [2.24, 2.45) is 0 Å². The second-order valence-corrected chi connectivity index (χ2v) is 13.5. The van der Waals surface area contributed by atoms with Crippen LogP contribution in [0.3, 0.4) is 0 Å². The van der Waals surface area contributed by atoms with Crippen LogP contribution in [-0.2, 0) is 4.74 Å². The molecule has 3 aromatic carbocycles. The van der Waals surface area contributed by atoms with Gasteiger partial charge in [0.1, 0.15) is 6.10 Å². The number of fused-ring (bicyclic) bond motifs is 1. The van der Waals surface area contributed by atoms with Gasteiger partial charge in [0, 0.05) is 39.3 Å². The van der Waals surface area contributed by atoms with Gasteiger partial charge in [-0.1, -0.05) is 72.8 Å². The summed E-state index contributed by atoms with van der Waals surface area (Å²) in [4.78, 5) is 44.4. The highest BCUT2D eigenvalue weighted by molar-refractivity contribution is 6.21. The molecule has 0 bridgehead atoms. The first-order valence-corrected chi connectivity index (χ1v) is 17.0. The van der Waals surface area contributed by atoms with Gasteiger partial charge < -0.3 is 19.4 Å². The molecule has 0 aliphatic carbocycles. The number of likely N-dealkylation sites (N-methyl/N-ethyl adjacent to an activating group) is 2. The van der Waals surface area contributed by atoms with Crippen LogP contribution < -0.4 is 5.32 Å². The molecule has 3 aromatic rings.